The number of sulfonamides is 1. The molecule has 0 radical (unpaired) electrons. The summed E-state index contributed by atoms with van der Waals surface area (Å²) in [5.41, 5.74) is 0.220. The molecule has 1 N–H and O–H groups in total. The SMILES string of the molecule is O=S(=O)(Nc1ccc(F)cc1)c1c(Cl)cccc1Cl. The van der Waals surface area contributed by atoms with Crippen molar-refractivity contribution < 1.29 is 12.8 Å². The first-order chi connectivity index (χ1) is 8.90. The van der Waals surface area contributed by atoms with Gasteiger partial charge in [-0.3, -0.25) is 4.72 Å². The number of hydrogen-bond donors (Lipinski definition) is 1. The van der Waals surface area contributed by atoms with Crippen molar-refractivity contribution in [1.82, 2.24) is 0 Å². The summed E-state index contributed by atoms with van der Waals surface area (Å²) in [6.45, 7) is 0. The molecule has 0 heterocycles. The van der Waals surface area contributed by atoms with Crippen molar-refractivity contribution in [2.75, 3.05) is 4.72 Å². The van der Waals surface area contributed by atoms with E-state index in [0.717, 1.165) is 12.1 Å². The van der Waals surface area contributed by atoms with Gasteiger partial charge in [-0.1, -0.05) is 29.3 Å². The Kier molecular flexibility index (Phi) is 3.99. The predicted molar refractivity (Wildman–Crippen MR) is 73.7 cm³/mol. The van der Waals surface area contributed by atoms with Gasteiger partial charge in [-0.05, 0) is 36.4 Å². The Balaban J connectivity index is 2.41. The van der Waals surface area contributed by atoms with E-state index in [0.29, 0.717) is 0 Å². The van der Waals surface area contributed by atoms with Crippen LogP contribution in [0.2, 0.25) is 10.0 Å². The molecule has 0 aliphatic heterocycles. The van der Waals surface area contributed by atoms with E-state index in [4.69, 9.17) is 23.2 Å². The molecule has 0 saturated heterocycles. The number of rotatable bonds is 3. The monoisotopic (exact) mass is 319 g/mol. The van der Waals surface area contributed by atoms with Gasteiger partial charge in [0.2, 0.25) is 0 Å². The van der Waals surface area contributed by atoms with Gasteiger partial charge in [-0.2, -0.15) is 0 Å². The second-order valence-corrected chi connectivity index (χ2v) is 6.10. The molecule has 0 aliphatic carbocycles. The van der Waals surface area contributed by atoms with Gasteiger partial charge in [0, 0.05) is 5.69 Å². The zero-order valence-electron chi connectivity index (χ0n) is 9.40. The summed E-state index contributed by atoms with van der Waals surface area (Å²) in [6.07, 6.45) is 0. The lowest BCUT2D eigenvalue weighted by molar-refractivity contribution is 0.601. The second-order valence-electron chi connectivity index (χ2n) is 3.66. The van der Waals surface area contributed by atoms with Crippen LogP contribution in [0.1, 0.15) is 0 Å². The van der Waals surface area contributed by atoms with Crippen LogP contribution in [0.3, 0.4) is 0 Å². The van der Waals surface area contributed by atoms with E-state index < -0.39 is 15.8 Å². The first-order valence-corrected chi connectivity index (χ1v) is 7.36. The topological polar surface area (TPSA) is 46.2 Å². The van der Waals surface area contributed by atoms with Gasteiger partial charge < -0.3 is 0 Å². The summed E-state index contributed by atoms with van der Waals surface area (Å²) >= 11 is 11.7. The molecule has 3 nitrogen and oxygen atoms in total. The van der Waals surface area contributed by atoms with E-state index in [-0.39, 0.29) is 20.6 Å². The van der Waals surface area contributed by atoms with Gasteiger partial charge in [0.15, 0.2) is 0 Å². The van der Waals surface area contributed by atoms with Crippen molar-refractivity contribution in [3.63, 3.8) is 0 Å². The molecule has 0 unspecified atom stereocenters. The molecular weight excluding hydrogens is 312 g/mol. The Morgan fingerprint density at radius 1 is 0.947 bits per heavy atom. The smallest absolute Gasteiger partial charge is 0.264 e. The molecule has 100 valence electrons. The Bertz CT molecular complexity index is 682. The third-order valence-electron chi connectivity index (χ3n) is 2.28. The summed E-state index contributed by atoms with van der Waals surface area (Å²) in [6, 6.07) is 9.29. The quantitative estimate of drug-likeness (QED) is 0.931. The lowest BCUT2D eigenvalue weighted by Gasteiger charge is -2.10. The van der Waals surface area contributed by atoms with Crippen LogP contribution in [0.15, 0.2) is 47.4 Å². The molecule has 19 heavy (non-hydrogen) atoms. The molecular formula is C12H8Cl2FNO2S. The maximum atomic E-state index is 12.8. The van der Waals surface area contributed by atoms with E-state index in [9.17, 15) is 12.8 Å². The lowest BCUT2D eigenvalue weighted by Crippen LogP contribution is -2.14. The maximum Gasteiger partial charge on any atom is 0.264 e. The number of anilines is 1. The summed E-state index contributed by atoms with van der Waals surface area (Å²) in [5.74, 6) is -0.460. The first-order valence-electron chi connectivity index (χ1n) is 5.12. The van der Waals surface area contributed by atoms with Crippen LogP contribution < -0.4 is 4.72 Å². The van der Waals surface area contributed by atoms with E-state index in [1.807, 2.05) is 0 Å². The molecule has 2 aromatic rings. The van der Waals surface area contributed by atoms with Crippen LogP contribution in [-0.2, 0) is 10.0 Å². The fraction of sp³-hybridized carbons (Fsp3) is 0. The van der Waals surface area contributed by atoms with E-state index in [1.54, 1.807) is 6.07 Å². The minimum Gasteiger partial charge on any atom is -0.280 e. The average molecular weight is 320 g/mol. The highest BCUT2D eigenvalue weighted by Crippen LogP contribution is 2.30. The lowest BCUT2D eigenvalue weighted by atomic mass is 10.3. The van der Waals surface area contributed by atoms with Crippen LogP contribution >= 0.6 is 23.2 Å². The molecule has 2 rings (SSSR count). The van der Waals surface area contributed by atoms with Gasteiger partial charge in [0.1, 0.15) is 10.7 Å². The molecule has 0 amide bonds. The largest absolute Gasteiger partial charge is 0.280 e. The summed E-state index contributed by atoms with van der Waals surface area (Å²) in [4.78, 5) is -0.206. The Labute approximate surface area is 120 Å². The predicted octanol–water partition coefficient (Wildman–Crippen LogP) is 3.93. The highest BCUT2D eigenvalue weighted by molar-refractivity contribution is 7.93. The molecule has 0 atom stereocenters. The molecule has 0 aromatic heterocycles. The molecule has 7 heteroatoms. The van der Waals surface area contributed by atoms with Gasteiger partial charge >= 0.3 is 0 Å². The van der Waals surface area contributed by atoms with E-state index >= 15 is 0 Å². The number of halogens is 3. The zero-order chi connectivity index (χ0) is 14.0. The summed E-state index contributed by atoms with van der Waals surface area (Å²) in [7, 11) is -3.92. The third-order valence-corrected chi connectivity index (χ3v) is 4.62. The first kappa shape index (κ1) is 14.1. The standard InChI is InChI=1S/C12H8Cl2FNO2S/c13-10-2-1-3-11(14)12(10)19(17,18)16-9-6-4-8(15)5-7-9/h1-7,16H. The fourth-order valence-corrected chi connectivity index (χ4v) is 3.67. The normalized spacial score (nSPS) is 11.3. The number of hydrogen-bond acceptors (Lipinski definition) is 2. The van der Waals surface area contributed by atoms with Crippen LogP contribution in [0.25, 0.3) is 0 Å². The van der Waals surface area contributed by atoms with Crippen molar-refractivity contribution in [2.24, 2.45) is 0 Å². The van der Waals surface area contributed by atoms with Crippen molar-refractivity contribution in [3.8, 4) is 0 Å². The molecule has 0 spiro atoms. The highest BCUT2D eigenvalue weighted by Gasteiger charge is 2.21. The molecule has 0 saturated carbocycles. The van der Waals surface area contributed by atoms with Gasteiger partial charge in [0.05, 0.1) is 10.0 Å². The van der Waals surface area contributed by atoms with Crippen LogP contribution in [0.4, 0.5) is 10.1 Å². The average Bonchev–Trinajstić information content (AvgIpc) is 2.31. The van der Waals surface area contributed by atoms with Gasteiger partial charge in [-0.15, -0.1) is 0 Å². The Morgan fingerprint density at radius 3 is 2.00 bits per heavy atom. The van der Waals surface area contributed by atoms with Crippen LogP contribution in [-0.4, -0.2) is 8.42 Å². The highest BCUT2D eigenvalue weighted by atomic mass is 35.5. The maximum absolute atomic E-state index is 12.8. The van der Waals surface area contributed by atoms with E-state index in [1.165, 1.54) is 24.3 Å². The minimum atomic E-state index is -3.92. The van der Waals surface area contributed by atoms with Crippen molar-refractivity contribution in [1.29, 1.82) is 0 Å². The van der Waals surface area contributed by atoms with Gasteiger partial charge in [-0.25, -0.2) is 12.8 Å². The molecule has 0 fully saturated rings. The second kappa shape index (κ2) is 5.36. The van der Waals surface area contributed by atoms with E-state index in [2.05, 4.69) is 4.72 Å². The molecule has 0 aliphatic rings. The molecule has 0 bridgehead atoms. The van der Waals surface area contributed by atoms with Crippen molar-refractivity contribution in [2.45, 2.75) is 4.90 Å². The number of benzene rings is 2. The van der Waals surface area contributed by atoms with Gasteiger partial charge in [0.25, 0.3) is 10.0 Å². The molecule has 2 aromatic carbocycles. The number of nitrogens with one attached hydrogen (secondary N) is 1. The zero-order valence-corrected chi connectivity index (χ0v) is 11.7. The third kappa shape index (κ3) is 3.18. The minimum absolute atomic E-state index is 0.0158. The van der Waals surface area contributed by atoms with Crippen LogP contribution in [0.5, 0.6) is 0 Å². The summed E-state index contributed by atoms with van der Waals surface area (Å²) < 4.78 is 39.3. The Hall–Kier alpha value is -1.30. The fourth-order valence-electron chi connectivity index (χ4n) is 1.46. The van der Waals surface area contributed by atoms with Crippen molar-refractivity contribution >= 4 is 38.9 Å². The summed E-state index contributed by atoms with van der Waals surface area (Å²) in [5, 5.41) is 0.0317. The van der Waals surface area contributed by atoms with Crippen LogP contribution in [0, 0.1) is 5.82 Å². The Morgan fingerprint density at radius 2 is 1.47 bits per heavy atom. The van der Waals surface area contributed by atoms with Crippen molar-refractivity contribution in [3.05, 3.63) is 58.3 Å².